The third-order valence-electron chi connectivity index (χ3n) is 9.58. The highest BCUT2D eigenvalue weighted by Crippen LogP contribution is 2.42. The summed E-state index contributed by atoms with van der Waals surface area (Å²) in [5.74, 6) is 1.40. The first kappa shape index (κ1) is 38.1. The second-order valence-electron chi connectivity index (χ2n) is 13.8. The molecule has 0 spiro atoms. The summed E-state index contributed by atoms with van der Waals surface area (Å²) in [7, 11) is 1.03. The molecule has 274 valence electrons. The van der Waals surface area contributed by atoms with Crippen LogP contribution in [0.3, 0.4) is 0 Å². The molecule has 5 rings (SSSR count). The molecular formula is C39H54N2O8S. The van der Waals surface area contributed by atoms with Gasteiger partial charge in [-0.1, -0.05) is 35.9 Å². The second kappa shape index (κ2) is 17.4. The van der Waals surface area contributed by atoms with Crippen molar-refractivity contribution in [3.8, 4) is 11.5 Å². The van der Waals surface area contributed by atoms with Crippen LogP contribution in [0, 0.1) is 6.92 Å². The van der Waals surface area contributed by atoms with Crippen molar-refractivity contribution in [2.45, 2.75) is 74.0 Å². The number of anilines is 1. The number of benzene rings is 3. The molecule has 1 unspecified atom stereocenters. The van der Waals surface area contributed by atoms with Crippen LogP contribution in [0.2, 0.25) is 0 Å². The highest BCUT2D eigenvalue weighted by Gasteiger charge is 2.40. The fourth-order valence-electron chi connectivity index (χ4n) is 6.93. The van der Waals surface area contributed by atoms with E-state index in [9.17, 15) is 8.42 Å². The van der Waals surface area contributed by atoms with E-state index < -0.39 is 21.4 Å². The number of rotatable bonds is 17. The summed E-state index contributed by atoms with van der Waals surface area (Å²) in [5, 5.41) is 3.68. The van der Waals surface area contributed by atoms with Gasteiger partial charge >= 0.3 is 0 Å². The molecule has 0 aliphatic carbocycles. The van der Waals surface area contributed by atoms with Crippen molar-refractivity contribution in [1.82, 2.24) is 5.32 Å². The van der Waals surface area contributed by atoms with Crippen molar-refractivity contribution in [2.24, 2.45) is 0 Å². The molecule has 1 fully saturated rings. The SMILES string of the molecule is COCCCN1CCOc2ccc(C(O[C@H]3CN[C@@H](CC(C)(C)OCCOC)C[C@@H]3c3ccc(OC)cc3)S(=O)(=O)c3ccc(C)cc3)cc21. The van der Waals surface area contributed by atoms with Gasteiger partial charge in [-0.2, -0.15) is 0 Å². The van der Waals surface area contributed by atoms with Crippen LogP contribution < -0.4 is 19.7 Å². The van der Waals surface area contributed by atoms with Crippen LogP contribution in [0.5, 0.6) is 11.5 Å². The van der Waals surface area contributed by atoms with E-state index in [1.165, 1.54) is 0 Å². The van der Waals surface area contributed by atoms with E-state index in [2.05, 4.69) is 36.2 Å². The van der Waals surface area contributed by atoms with Crippen LogP contribution >= 0.6 is 0 Å². The average molecular weight is 711 g/mol. The molecule has 0 bridgehead atoms. The molecule has 0 aromatic heterocycles. The van der Waals surface area contributed by atoms with Gasteiger partial charge in [0.25, 0.3) is 0 Å². The van der Waals surface area contributed by atoms with Crippen molar-refractivity contribution in [2.75, 3.05) is 72.3 Å². The topological polar surface area (TPSA) is 105 Å². The molecule has 0 amide bonds. The van der Waals surface area contributed by atoms with E-state index in [1.54, 1.807) is 33.5 Å². The van der Waals surface area contributed by atoms with E-state index in [0.29, 0.717) is 45.1 Å². The maximum Gasteiger partial charge on any atom is 0.209 e. The molecular weight excluding hydrogens is 657 g/mol. The highest BCUT2D eigenvalue weighted by atomic mass is 32.2. The van der Waals surface area contributed by atoms with E-state index >= 15 is 0 Å². The normalized spacial score (nSPS) is 20.2. The van der Waals surface area contributed by atoms with Crippen molar-refractivity contribution in [1.29, 1.82) is 0 Å². The van der Waals surface area contributed by atoms with Crippen LogP contribution in [0.1, 0.15) is 61.2 Å². The van der Waals surface area contributed by atoms with Crippen molar-refractivity contribution >= 4 is 15.5 Å². The van der Waals surface area contributed by atoms with Gasteiger partial charge in [0.05, 0.1) is 49.2 Å². The Morgan fingerprint density at radius 3 is 2.40 bits per heavy atom. The number of nitrogens with one attached hydrogen (secondary N) is 1. The van der Waals surface area contributed by atoms with Crippen LogP contribution in [0.15, 0.2) is 71.6 Å². The molecule has 2 heterocycles. The zero-order valence-corrected chi connectivity index (χ0v) is 31.2. The lowest BCUT2D eigenvalue weighted by Crippen LogP contribution is -2.50. The summed E-state index contributed by atoms with van der Waals surface area (Å²) < 4.78 is 64.3. The summed E-state index contributed by atoms with van der Waals surface area (Å²) in [6, 6.07) is 20.7. The highest BCUT2D eigenvalue weighted by molar-refractivity contribution is 7.91. The number of piperidine rings is 1. The van der Waals surface area contributed by atoms with E-state index in [-0.39, 0.29) is 22.5 Å². The lowest BCUT2D eigenvalue weighted by molar-refractivity contribution is -0.0581. The molecule has 0 saturated carbocycles. The number of nitrogens with zero attached hydrogens (tertiary/aromatic N) is 1. The van der Waals surface area contributed by atoms with Crippen LogP contribution in [0.4, 0.5) is 5.69 Å². The first-order chi connectivity index (χ1) is 24.0. The molecule has 2 aliphatic heterocycles. The van der Waals surface area contributed by atoms with Crippen molar-refractivity contribution in [3.63, 3.8) is 0 Å². The molecule has 3 aromatic rings. The molecule has 2 aliphatic rings. The lowest BCUT2D eigenvalue weighted by Gasteiger charge is -2.41. The van der Waals surface area contributed by atoms with E-state index in [0.717, 1.165) is 54.1 Å². The molecule has 0 radical (unpaired) electrons. The smallest absolute Gasteiger partial charge is 0.209 e. The standard InChI is InChI=1S/C39H54N2O8S/c1-28-8-15-33(16-9-28)50(42,43)38(30-12-17-36-35(24-30)41(19-21-47-36)18-7-20-44-4)49-37-27-40-31(26-39(2,3)48-23-22-45-5)25-34(37)29-10-13-32(46-6)14-11-29/h8-17,24,31,34,37-38,40H,7,18-23,25-27H2,1-6H3/t31-,34-,37+,38?/m1/s1. The molecule has 3 aromatic carbocycles. The fraction of sp³-hybridized carbons (Fsp3) is 0.538. The maximum absolute atomic E-state index is 14.6. The zero-order valence-electron chi connectivity index (χ0n) is 30.4. The largest absolute Gasteiger partial charge is 0.497 e. The second-order valence-corrected chi connectivity index (χ2v) is 15.8. The maximum atomic E-state index is 14.6. The quantitative estimate of drug-likeness (QED) is 0.166. The van der Waals surface area contributed by atoms with Gasteiger partial charge < -0.3 is 38.6 Å². The summed E-state index contributed by atoms with van der Waals surface area (Å²) in [6.45, 7) is 10.3. The van der Waals surface area contributed by atoms with E-state index in [4.69, 9.17) is 28.4 Å². The van der Waals surface area contributed by atoms with E-state index in [1.807, 2.05) is 49.4 Å². The number of fused-ring (bicyclic) bond motifs is 1. The molecule has 1 saturated heterocycles. The average Bonchev–Trinajstić information content (AvgIpc) is 3.11. The van der Waals surface area contributed by atoms with Gasteiger partial charge in [-0.3, -0.25) is 0 Å². The fourth-order valence-corrected chi connectivity index (χ4v) is 8.49. The number of hydrogen-bond donors (Lipinski definition) is 1. The predicted octanol–water partition coefficient (Wildman–Crippen LogP) is 6.07. The number of methoxy groups -OCH3 is 3. The molecule has 50 heavy (non-hydrogen) atoms. The number of sulfone groups is 1. The Kier molecular flexibility index (Phi) is 13.2. The summed E-state index contributed by atoms with van der Waals surface area (Å²) in [4.78, 5) is 2.46. The van der Waals surface area contributed by atoms with Crippen LogP contribution in [-0.2, 0) is 28.8 Å². The third-order valence-corrected chi connectivity index (χ3v) is 11.5. The summed E-state index contributed by atoms with van der Waals surface area (Å²) in [5.41, 5.74) is 1.84. The van der Waals surface area contributed by atoms with Gasteiger partial charge in [-0.05, 0) is 87.6 Å². The lowest BCUT2D eigenvalue weighted by atomic mass is 9.81. The molecule has 1 N–H and O–H groups in total. The van der Waals surface area contributed by atoms with Crippen molar-refractivity contribution < 1.29 is 36.8 Å². The van der Waals surface area contributed by atoms with Crippen LogP contribution in [0.25, 0.3) is 0 Å². The summed E-state index contributed by atoms with van der Waals surface area (Å²) in [6.07, 6.45) is 1.89. The molecule has 11 heteroatoms. The molecule has 4 atom stereocenters. The number of hydrogen-bond acceptors (Lipinski definition) is 10. The first-order valence-electron chi connectivity index (χ1n) is 17.5. The Bertz CT molecular complexity index is 1610. The summed E-state index contributed by atoms with van der Waals surface area (Å²) >= 11 is 0. The van der Waals surface area contributed by atoms with Gasteiger partial charge in [-0.25, -0.2) is 8.42 Å². The van der Waals surface area contributed by atoms with Gasteiger partial charge in [0, 0.05) is 45.9 Å². The van der Waals surface area contributed by atoms with Gasteiger partial charge in [0.1, 0.15) is 18.1 Å². The zero-order chi connectivity index (χ0) is 35.7. The van der Waals surface area contributed by atoms with Crippen molar-refractivity contribution in [3.05, 3.63) is 83.4 Å². The Hall–Kier alpha value is -3.19. The minimum atomic E-state index is -3.99. The Balaban J connectivity index is 1.50. The monoisotopic (exact) mass is 710 g/mol. The number of aryl methyl sites for hydroxylation is 1. The Morgan fingerprint density at radius 2 is 1.70 bits per heavy atom. The minimum absolute atomic E-state index is 0.0934. The van der Waals surface area contributed by atoms with Crippen LogP contribution in [-0.4, -0.2) is 93.6 Å². The Morgan fingerprint density at radius 1 is 0.960 bits per heavy atom. The minimum Gasteiger partial charge on any atom is -0.497 e. The first-order valence-corrected chi connectivity index (χ1v) is 19.1. The number of ether oxygens (including phenoxy) is 6. The van der Waals surface area contributed by atoms with Gasteiger partial charge in [0.2, 0.25) is 9.84 Å². The van der Waals surface area contributed by atoms with Gasteiger partial charge in [-0.15, -0.1) is 0 Å². The third kappa shape index (κ3) is 9.57. The molecule has 10 nitrogen and oxygen atoms in total. The Labute approximate surface area is 298 Å². The van der Waals surface area contributed by atoms with Gasteiger partial charge in [0.15, 0.2) is 5.44 Å². The predicted molar refractivity (Wildman–Crippen MR) is 195 cm³/mol.